The number of aromatic hydroxyl groups is 1. The van der Waals surface area contributed by atoms with Gasteiger partial charge in [-0.15, -0.1) is 11.3 Å². The van der Waals surface area contributed by atoms with Crippen molar-refractivity contribution in [1.29, 1.82) is 0 Å². The van der Waals surface area contributed by atoms with Crippen LogP contribution in [-0.2, 0) is 11.8 Å². The third-order valence-corrected chi connectivity index (χ3v) is 9.67. The summed E-state index contributed by atoms with van der Waals surface area (Å²) in [7, 11) is 1.11. The number of phenols is 1. The Hall–Kier alpha value is -5.60. The number of fused-ring (bicyclic) bond motifs is 4. The summed E-state index contributed by atoms with van der Waals surface area (Å²) in [5, 5.41) is 35.6. The largest absolute Gasteiger partial charge is 0.510 e. The topological polar surface area (TPSA) is 213 Å². The fourth-order valence-electron chi connectivity index (χ4n) is 6.49. The van der Waals surface area contributed by atoms with Gasteiger partial charge >= 0.3 is 0 Å². The van der Waals surface area contributed by atoms with E-state index in [-0.39, 0.29) is 34.9 Å². The summed E-state index contributed by atoms with van der Waals surface area (Å²) in [6.45, 7) is 0. The predicted molar refractivity (Wildman–Crippen MR) is 168 cm³/mol. The summed E-state index contributed by atoms with van der Waals surface area (Å²) in [5.74, 6) is -3.20. The van der Waals surface area contributed by atoms with Crippen molar-refractivity contribution >= 4 is 57.4 Å². The van der Waals surface area contributed by atoms with Gasteiger partial charge < -0.3 is 25.0 Å². The molecule has 4 aliphatic carbocycles. The standard InChI is InChI=1S/C31H18ClN3O10S/c1-45-14-8-13(36)18-19(23(14)37)25(39)21-20(24(18)38)27(41)31(28(21)42)5-4-10-6-11-7-12(34-30(44)17(11)26(40)22(10)31)9-33-35-29(43)15-2-3-16(32)46-15/h2-3,6-9,40-42H,4-5H2,1H3,(H,34,44)(H,35,43). The van der Waals surface area contributed by atoms with Crippen LogP contribution in [-0.4, -0.2) is 39.5 Å². The molecule has 0 fully saturated rings. The summed E-state index contributed by atoms with van der Waals surface area (Å²) >= 11 is 6.91. The van der Waals surface area contributed by atoms with Crippen LogP contribution in [0.4, 0.5) is 0 Å². The number of benzene rings is 1. The van der Waals surface area contributed by atoms with E-state index < -0.39 is 82.5 Å². The zero-order valence-electron chi connectivity index (χ0n) is 23.3. The average Bonchev–Trinajstić information content (AvgIpc) is 3.68. The number of aliphatic hydroxyl groups excluding tert-OH is 2. The first-order valence-corrected chi connectivity index (χ1v) is 14.7. The number of methoxy groups -OCH3 is 1. The number of aryl methyl sites for hydroxylation is 1. The summed E-state index contributed by atoms with van der Waals surface area (Å²) in [5.41, 5.74) is -4.34. The second-order valence-electron chi connectivity index (χ2n) is 10.7. The highest BCUT2D eigenvalue weighted by molar-refractivity contribution is 7.18. The molecule has 46 heavy (non-hydrogen) atoms. The monoisotopic (exact) mass is 659 g/mol. The minimum absolute atomic E-state index is 0.106. The second kappa shape index (κ2) is 9.95. The van der Waals surface area contributed by atoms with Gasteiger partial charge in [-0.25, -0.2) is 5.43 Å². The number of amides is 1. The number of aliphatic hydroxyl groups is 2. The Morgan fingerprint density at radius 2 is 1.70 bits per heavy atom. The maximum Gasteiger partial charge on any atom is 0.281 e. The van der Waals surface area contributed by atoms with E-state index in [9.17, 15) is 44.1 Å². The highest BCUT2D eigenvalue weighted by Crippen LogP contribution is 2.54. The third kappa shape index (κ3) is 3.77. The van der Waals surface area contributed by atoms with Gasteiger partial charge in [0.15, 0.2) is 11.2 Å². The van der Waals surface area contributed by atoms with Crippen LogP contribution < -0.4 is 47.9 Å². The molecule has 2 heterocycles. The molecule has 1 unspecified atom stereocenters. The van der Waals surface area contributed by atoms with Crippen molar-refractivity contribution in [2.45, 2.75) is 18.3 Å². The van der Waals surface area contributed by atoms with Crippen LogP contribution in [0.15, 0.2) is 59.4 Å². The molecular formula is C31H18ClN3O10S. The number of nitrogens with zero attached hydrogens (tertiary/aromatic N) is 1. The SMILES string of the molecule is COc1cc(=O)c2c(=O)c3c(c(=O)c=2c1=O)=C(O)C1(CCc2cc4cc(C=NNC(=O)c5ccc(Cl)s5)[nH]c(=O)c4c(O)c21)C=3O. The van der Waals surface area contributed by atoms with Gasteiger partial charge in [0.1, 0.15) is 22.7 Å². The number of pyridine rings is 1. The number of carbonyl (C=O) groups is 1. The number of H-pyrrole nitrogens is 1. The number of hydrogen-bond acceptors (Lipinski definition) is 12. The van der Waals surface area contributed by atoms with Crippen LogP contribution in [0.2, 0.25) is 4.34 Å². The molecule has 15 heteroatoms. The van der Waals surface area contributed by atoms with E-state index in [1.807, 2.05) is 0 Å². The third-order valence-electron chi connectivity index (χ3n) is 8.44. The minimum atomic E-state index is -2.01. The number of thiophene rings is 1. The number of hydrazone groups is 1. The minimum Gasteiger partial charge on any atom is -0.510 e. The lowest BCUT2D eigenvalue weighted by Crippen LogP contribution is -2.51. The number of ether oxygens (including phenoxy) is 1. The first kappa shape index (κ1) is 29.1. The van der Waals surface area contributed by atoms with Crippen molar-refractivity contribution in [2.24, 2.45) is 5.10 Å². The number of phenolic OH excluding ortho intramolecular Hbond substituents is 1. The van der Waals surface area contributed by atoms with E-state index in [1.165, 1.54) is 18.3 Å². The van der Waals surface area contributed by atoms with Crippen LogP contribution in [0.25, 0.3) is 22.3 Å². The Morgan fingerprint density at radius 1 is 1.00 bits per heavy atom. The van der Waals surface area contributed by atoms with Crippen LogP contribution in [0.5, 0.6) is 11.5 Å². The molecule has 1 amide bonds. The summed E-state index contributed by atoms with van der Waals surface area (Å²) in [4.78, 5) is 81.2. The molecular weight excluding hydrogens is 642 g/mol. The van der Waals surface area contributed by atoms with Gasteiger partial charge in [-0.1, -0.05) is 17.7 Å². The number of halogens is 1. The number of carbonyl (C=O) groups excluding carboxylic acids is 1. The molecule has 2 aromatic heterocycles. The molecule has 13 nitrogen and oxygen atoms in total. The summed E-state index contributed by atoms with van der Waals surface area (Å²) in [6, 6.07) is 6.88. The van der Waals surface area contributed by atoms with Gasteiger partial charge in [-0.05, 0) is 42.0 Å². The normalized spacial score (nSPS) is 17.0. The summed E-state index contributed by atoms with van der Waals surface area (Å²) < 4.78 is 5.31. The molecule has 1 spiro atoms. The van der Waals surface area contributed by atoms with Gasteiger partial charge in [0.2, 0.25) is 16.3 Å². The van der Waals surface area contributed by atoms with Crippen molar-refractivity contribution in [1.82, 2.24) is 10.4 Å². The molecule has 0 radical (unpaired) electrons. The molecule has 0 saturated carbocycles. The van der Waals surface area contributed by atoms with Crippen molar-refractivity contribution in [3.63, 3.8) is 0 Å². The molecule has 5 N–H and O–H groups in total. The van der Waals surface area contributed by atoms with Crippen molar-refractivity contribution < 1.29 is 24.9 Å². The van der Waals surface area contributed by atoms with E-state index in [0.29, 0.717) is 14.8 Å². The van der Waals surface area contributed by atoms with Gasteiger partial charge in [-0.2, -0.15) is 5.10 Å². The molecule has 0 aliphatic heterocycles. The number of aromatic amines is 1. The Morgan fingerprint density at radius 3 is 2.35 bits per heavy atom. The lowest BCUT2D eigenvalue weighted by molar-refractivity contribution is 0.0959. The molecule has 0 bridgehead atoms. The number of nitrogens with one attached hydrogen (secondary N) is 2. The highest BCUT2D eigenvalue weighted by atomic mass is 35.5. The maximum absolute atomic E-state index is 13.6. The van der Waals surface area contributed by atoms with Crippen molar-refractivity contribution in [3.05, 3.63) is 128 Å². The van der Waals surface area contributed by atoms with E-state index in [0.717, 1.165) is 24.5 Å². The van der Waals surface area contributed by atoms with Crippen molar-refractivity contribution in [3.8, 4) is 11.5 Å². The van der Waals surface area contributed by atoms with Crippen LogP contribution in [0.1, 0.15) is 32.9 Å². The van der Waals surface area contributed by atoms with E-state index in [4.69, 9.17) is 16.3 Å². The fourth-order valence-corrected chi connectivity index (χ4v) is 7.42. The Bertz CT molecular complexity index is 2740. The Kier molecular flexibility index (Phi) is 6.30. The second-order valence-corrected chi connectivity index (χ2v) is 12.5. The van der Waals surface area contributed by atoms with Crippen molar-refractivity contribution in [2.75, 3.05) is 7.11 Å². The maximum atomic E-state index is 13.6. The molecule has 7 rings (SSSR count). The van der Waals surface area contributed by atoms with E-state index in [2.05, 4.69) is 15.5 Å². The molecule has 230 valence electrons. The smallest absolute Gasteiger partial charge is 0.281 e. The number of rotatable bonds is 4. The quantitative estimate of drug-likeness (QED) is 0.129. The predicted octanol–water partition coefficient (Wildman–Crippen LogP) is -0.00752. The van der Waals surface area contributed by atoms with Crippen LogP contribution in [0, 0.1) is 10.4 Å². The molecule has 0 saturated heterocycles. The van der Waals surface area contributed by atoms with E-state index in [1.54, 1.807) is 12.1 Å². The molecule has 1 aromatic carbocycles. The lowest BCUT2D eigenvalue weighted by atomic mass is 9.78. The average molecular weight is 660 g/mol. The first-order valence-electron chi connectivity index (χ1n) is 13.5. The van der Waals surface area contributed by atoms with Gasteiger partial charge in [0.05, 0.1) is 54.5 Å². The first-order chi connectivity index (χ1) is 21.9. The zero-order chi connectivity index (χ0) is 32.8. The Labute approximate surface area is 262 Å². The molecule has 1 atom stereocenters. The van der Waals surface area contributed by atoms with Crippen LogP contribution >= 0.6 is 22.9 Å². The lowest BCUT2D eigenvalue weighted by Gasteiger charge is -2.27. The molecule has 4 aliphatic rings. The van der Waals surface area contributed by atoms with Gasteiger partial charge in [0, 0.05) is 11.6 Å². The highest BCUT2D eigenvalue weighted by Gasteiger charge is 2.53. The number of hydrogen-bond donors (Lipinski definition) is 5. The van der Waals surface area contributed by atoms with E-state index >= 15 is 0 Å². The zero-order valence-corrected chi connectivity index (χ0v) is 24.9. The summed E-state index contributed by atoms with van der Waals surface area (Å²) in [6.07, 6.45) is 1.18. The Balaban J connectivity index is 1.41. The fraction of sp³-hybridized carbons (Fsp3) is 0.129. The number of aromatic nitrogens is 1. The van der Waals surface area contributed by atoms with Gasteiger partial charge in [-0.3, -0.25) is 28.8 Å². The van der Waals surface area contributed by atoms with Gasteiger partial charge in [0.25, 0.3) is 11.5 Å². The van der Waals surface area contributed by atoms with Crippen LogP contribution in [0.3, 0.4) is 0 Å². The molecule has 3 aromatic rings.